The Kier molecular flexibility index (Phi) is 20.0. The van der Waals surface area contributed by atoms with E-state index in [1.54, 1.807) is 4.90 Å². The van der Waals surface area contributed by atoms with Gasteiger partial charge in [-0.3, -0.25) is 9.59 Å². The Labute approximate surface area is 389 Å². The highest BCUT2D eigenvalue weighted by atomic mass is 127. The number of aliphatic hydroxyl groups is 5. The molecule has 15 nitrogen and oxygen atoms in total. The Balaban J connectivity index is 1.45. The molecule has 3 heterocycles. The van der Waals surface area contributed by atoms with E-state index in [1.165, 1.54) is 38.8 Å². The van der Waals surface area contributed by atoms with Gasteiger partial charge in [0.1, 0.15) is 48.8 Å². The van der Waals surface area contributed by atoms with Crippen LogP contribution < -0.4 is 5.32 Å². The smallest absolute Gasteiger partial charge is 0.394 e. The summed E-state index contributed by atoms with van der Waals surface area (Å²) < 4.78 is 72.7. The van der Waals surface area contributed by atoms with Crippen molar-refractivity contribution in [2.75, 3.05) is 19.7 Å². The van der Waals surface area contributed by atoms with Gasteiger partial charge in [0, 0.05) is 23.4 Å². The fourth-order valence-corrected chi connectivity index (χ4v) is 11.3. The van der Waals surface area contributed by atoms with Crippen LogP contribution in [0, 0.1) is 35.0 Å². The number of hydrogen-bond acceptors (Lipinski definition) is 13. The summed E-state index contributed by atoms with van der Waals surface area (Å²) in [7, 11) is 0. The van der Waals surface area contributed by atoms with Gasteiger partial charge < -0.3 is 64.8 Å². The summed E-state index contributed by atoms with van der Waals surface area (Å²) in [5.41, 5.74) is 0. The molecule has 11 unspecified atom stereocenters. The van der Waals surface area contributed by atoms with Crippen molar-refractivity contribution in [3.63, 3.8) is 0 Å². The number of aliphatic hydroxyl groups excluding tert-OH is 5. The Morgan fingerprint density at radius 3 is 2.20 bits per heavy atom. The summed E-state index contributed by atoms with van der Waals surface area (Å²) in [6.07, 6.45) is -13.0. The third kappa shape index (κ3) is 13.3. The molecule has 0 aromatic rings. The molecule has 2 amide bonds. The predicted molar refractivity (Wildman–Crippen MR) is 237 cm³/mol. The maximum absolute atomic E-state index is 14.2. The van der Waals surface area contributed by atoms with Crippen LogP contribution >= 0.6 is 22.6 Å². The second kappa shape index (κ2) is 23.8. The first-order valence-corrected chi connectivity index (χ1v) is 24.7. The van der Waals surface area contributed by atoms with E-state index < -0.39 is 108 Å². The lowest BCUT2D eigenvalue weighted by molar-refractivity contribution is -0.373. The number of carbonyl (C=O) groups excluding carboxylic acids is 2. The zero-order valence-electron chi connectivity index (χ0n) is 38.0. The lowest BCUT2D eigenvalue weighted by Crippen LogP contribution is -2.68. The number of halogens is 4. The van der Waals surface area contributed by atoms with Gasteiger partial charge in [-0.25, -0.2) is 0 Å². The van der Waals surface area contributed by atoms with Crippen molar-refractivity contribution >= 4 is 40.6 Å². The van der Waals surface area contributed by atoms with Gasteiger partial charge in [-0.05, 0) is 87.7 Å². The van der Waals surface area contributed by atoms with Crippen LogP contribution in [0.1, 0.15) is 125 Å². The predicted octanol–water partition coefficient (Wildman–Crippen LogP) is 4.78. The number of likely N-dealkylation sites (tertiary alicyclic amines) is 1. The number of unbranched alkanes of at least 4 members (excludes halogenated alkanes) is 2. The third-order valence-electron chi connectivity index (χ3n) is 14.8. The van der Waals surface area contributed by atoms with Crippen molar-refractivity contribution in [2.24, 2.45) is 29.6 Å². The standard InChI is InChI=1S/C45H75F3IN3O12/c1-6-8-9-11-24(3)28-14-12-26(13-15-28)20-31(41(59)52-18-10-19-52)60-39-33(51-25(4)54)42(62-32(23-53)34(39)55)61-30-22-29(44(5,49)16-17-50)21-27(7-2)38(30)63-43-37(58)35(56)36(57)40(64-43)45(46,47)48/h17,24,26-40,42-43,50,53,55-58H,6-16,18-23H2,1-5H3,(H,51,54)/t24?,26?,27?,28?,29?,30-,31+,32?,33?,34+,35?,36+,37?,38?,39?,40?,42-,43-,44?/m1/s1. The minimum absolute atomic E-state index is 0.168. The van der Waals surface area contributed by atoms with E-state index in [4.69, 9.17) is 29.1 Å². The van der Waals surface area contributed by atoms with Gasteiger partial charge in [0.15, 0.2) is 18.7 Å². The fraction of sp³-hybridized carbons (Fsp3) is 0.933. The monoisotopic (exact) mass is 1030 g/mol. The number of carbonyl (C=O) groups is 2. The van der Waals surface area contributed by atoms with Crippen LogP contribution in [0.5, 0.6) is 0 Å². The van der Waals surface area contributed by atoms with Crippen LogP contribution in [-0.2, 0) is 33.3 Å². The molecule has 0 bridgehead atoms. The highest BCUT2D eigenvalue weighted by Crippen LogP contribution is 2.47. The highest BCUT2D eigenvalue weighted by Gasteiger charge is 2.58. The molecule has 0 aromatic heterocycles. The minimum atomic E-state index is -5.12. The number of nitrogens with zero attached hydrogens (tertiary/aromatic N) is 1. The van der Waals surface area contributed by atoms with Gasteiger partial charge in [0.2, 0.25) is 5.91 Å². The Hall–Kier alpha value is -1.27. The molecule has 0 aromatic carbocycles. The highest BCUT2D eigenvalue weighted by molar-refractivity contribution is 14.1. The molecule has 2 aliphatic carbocycles. The van der Waals surface area contributed by atoms with Crippen molar-refractivity contribution in [1.82, 2.24) is 10.2 Å². The number of nitrogens with one attached hydrogen (secondary N) is 2. The molecule has 2 saturated carbocycles. The molecule has 7 N–H and O–H groups in total. The molecular formula is C45H75F3IN3O12. The Bertz CT molecular complexity index is 1490. The number of alkyl halides is 4. The van der Waals surface area contributed by atoms with Crippen LogP contribution in [0.25, 0.3) is 0 Å². The lowest BCUT2D eigenvalue weighted by atomic mass is 9.71. The van der Waals surface area contributed by atoms with E-state index in [0.29, 0.717) is 50.6 Å². The maximum Gasteiger partial charge on any atom is 0.417 e. The van der Waals surface area contributed by atoms with E-state index in [-0.39, 0.29) is 24.2 Å². The van der Waals surface area contributed by atoms with Crippen molar-refractivity contribution in [1.29, 1.82) is 5.41 Å². The van der Waals surface area contributed by atoms with E-state index >= 15 is 0 Å². The molecular weight excluding hydrogens is 958 g/mol. The minimum Gasteiger partial charge on any atom is -0.394 e. The second-order valence-electron chi connectivity index (χ2n) is 19.4. The molecule has 17 atom stereocenters. The van der Waals surface area contributed by atoms with Crippen LogP contribution in [0.4, 0.5) is 13.2 Å². The Morgan fingerprint density at radius 2 is 1.64 bits per heavy atom. The van der Waals surface area contributed by atoms with Crippen molar-refractivity contribution < 1.29 is 72.0 Å². The van der Waals surface area contributed by atoms with Gasteiger partial charge >= 0.3 is 6.18 Å². The van der Waals surface area contributed by atoms with E-state index in [9.17, 15) is 48.3 Å². The summed E-state index contributed by atoms with van der Waals surface area (Å²) >= 11 is 2.28. The maximum atomic E-state index is 14.2. The normalized spacial score (nSPS) is 39.2. The van der Waals surface area contributed by atoms with E-state index in [1.807, 2.05) is 13.8 Å². The summed E-state index contributed by atoms with van der Waals surface area (Å²) in [4.78, 5) is 28.9. The molecule has 64 heavy (non-hydrogen) atoms. The molecule has 0 spiro atoms. The average Bonchev–Trinajstić information content (AvgIpc) is 3.21. The molecule has 19 heteroatoms. The molecule has 0 radical (unpaired) electrons. The van der Waals surface area contributed by atoms with Gasteiger partial charge in [-0.2, -0.15) is 13.2 Å². The SMILES string of the molecule is CCCCCC(C)C1CCC(C[C@H](OC2C(NC(C)=O)[C@H](O[C@@H]3CC(C(C)(I)CC=N)CC(CC)C3O[C@@H]3OC(C(F)(F)F)[C@@H](O)C(O)C3O)OC(CO)[C@@H]2O)C(=O)N2CCC2)CC1. The van der Waals surface area contributed by atoms with Crippen molar-refractivity contribution in [3.05, 3.63) is 0 Å². The first-order valence-electron chi connectivity index (χ1n) is 23.6. The second-order valence-corrected chi connectivity index (χ2v) is 21.9. The zero-order chi connectivity index (χ0) is 47.1. The van der Waals surface area contributed by atoms with E-state index in [2.05, 4.69) is 41.8 Å². The molecule has 3 aliphatic heterocycles. The summed E-state index contributed by atoms with van der Waals surface area (Å²) in [6.45, 7) is 10.0. The molecule has 5 fully saturated rings. The first kappa shape index (κ1) is 53.7. The van der Waals surface area contributed by atoms with Gasteiger partial charge in [-0.15, -0.1) is 0 Å². The van der Waals surface area contributed by atoms with Crippen molar-refractivity contribution in [2.45, 2.75) is 214 Å². The summed E-state index contributed by atoms with van der Waals surface area (Å²) in [5, 5.41) is 64.8. The van der Waals surface area contributed by atoms with Gasteiger partial charge in [0.25, 0.3) is 5.91 Å². The molecule has 370 valence electrons. The number of hydrogen-bond donors (Lipinski definition) is 7. The molecule has 5 rings (SSSR count). The quantitative estimate of drug-likeness (QED) is 0.0380. The average molecular weight is 1030 g/mol. The third-order valence-corrected chi connectivity index (χ3v) is 16.1. The topological polar surface area (TPSA) is 221 Å². The van der Waals surface area contributed by atoms with Crippen LogP contribution in [0.15, 0.2) is 0 Å². The summed E-state index contributed by atoms with van der Waals surface area (Å²) in [5.74, 6) is 0.00486. The van der Waals surface area contributed by atoms with Crippen molar-refractivity contribution in [3.8, 4) is 0 Å². The van der Waals surface area contributed by atoms with Gasteiger partial charge in [0.05, 0.1) is 18.8 Å². The zero-order valence-corrected chi connectivity index (χ0v) is 40.2. The van der Waals surface area contributed by atoms with Crippen LogP contribution in [0.3, 0.4) is 0 Å². The summed E-state index contributed by atoms with van der Waals surface area (Å²) in [6, 6.07) is -1.27. The van der Waals surface area contributed by atoms with Crippen LogP contribution in [-0.4, -0.2) is 157 Å². The Morgan fingerprint density at radius 1 is 0.953 bits per heavy atom. The largest absolute Gasteiger partial charge is 0.417 e. The van der Waals surface area contributed by atoms with Crippen LogP contribution in [0.2, 0.25) is 0 Å². The molecule has 5 aliphatic rings. The lowest BCUT2D eigenvalue weighted by Gasteiger charge is -2.51. The number of rotatable bonds is 20. The first-order chi connectivity index (χ1) is 30.2. The number of amides is 2. The van der Waals surface area contributed by atoms with Gasteiger partial charge in [-0.1, -0.05) is 88.3 Å². The number of ether oxygens (including phenoxy) is 5. The van der Waals surface area contributed by atoms with E-state index in [0.717, 1.165) is 32.1 Å². The fourth-order valence-electron chi connectivity index (χ4n) is 10.6. The molecule has 3 saturated heterocycles.